The van der Waals surface area contributed by atoms with Crippen LogP contribution in [0.2, 0.25) is 0 Å². The molecule has 1 unspecified atom stereocenters. The van der Waals surface area contributed by atoms with Gasteiger partial charge in [-0.3, -0.25) is 0 Å². The first-order valence-corrected chi connectivity index (χ1v) is 6.44. The van der Waals surface area contributed by atoms with Crippen molar-refractivity contribution in [3.8, 4) is 6.07 Å². The largest absolute Gasteiger partial charge is 0.368 e. The highest BCUT2D eigenvalue weighted by atomic mass is 32.2. The first-order chi connectivity index (χ1) is 7.90. The predicted octanol–water partition coefficient (Wildman–Crippen LogP) is 1.72. The summed E-state index contributed by atoms with van der Waals surface area (Å²) in [6, 6.07) is 2.09. The van der Waals surface area contributed by atoms with E-state index in [0.717, 1.165) is 24.5 Å². The van der Waals surface area contributed by atoms with E-state index < -0.39 is 0 Å². The molecule has 0 radical (unpaired) electrons. The number of rotatable bonds is 4. The van der Waals surface area contributed by atoms with E-state index in [4.69, 9.17) is 14.5 Å². The zero-order valence-electron chi connectivity index (χ0n) is 8.89. The van der Waals surface area contributed by atoms with Crippen LogP contribution in [-0.4, -0.2) is 28.3 Å². The average molecular weight is 239 g/mol. The van der Waals surface area contributed by atoms with Crippen LogP contribution in [0.4, 0.5) is 0 Å². The first-order valence-electron chi connectivity index (χ1n) is 5.29. The Balaban J connectivity index is 1.88. The minimum Gasteiger partial charge on any atom is -0.368 e. The Morgan fingerprint density at radius 3 is 3.25 bits per heavy atom. The molecule has 1 fully saturated rings. The average Bonchev–Trinajstić information content (AvgIpc) is 2.79. The van der Waals surface area contributed by atoms with E-state index in [0.29, 0.717) is 24.6 Å². The monoisotopic (exact) mass is 239 g/mol. The lowest BCUT2D eigenvalue weighted by molar-refractivity contribution is 0.0677. The van der Waals surface area contributed by atoms with Gasteiger partial charge in [-0.2, -0.15) is 22.0 Å². The van der Waals surface area contributed by atoms with Crippen molar-refractivity contribution >= 4 is 11.8 Å². The maximum Gasteiger partial charge on any atom is 0.226 e. The van der Waals surface area contributed by atoms with Crippen LogP contribution < -0.4 is 0 Å². The van der Waals surface area contributed by atoms with Crippen LogP contribution in [0.25, 0.3) is 0 Å². The van der Waals surface area contributed by atoms with Crippen LogP contribution in [-0.2, 0) is 11.2 Å². The maximum absolute atomic E-state index is 8.41. The van der Waals surface area contributed by atoms with Crippen LogP contribution in [0.3, 0.4) is 0 Å². The van der Waals surface area contributed by atoms with Crippen LogP contribution >= 0.6 is 11.8 Å². The van der Waals surface area contributed by atoms with Crippen molar-refractivity contribution in [2.24, 2.45) is 0 Å². The number of aryl methyl sites for hydroxylation is 1. The summed E-state index contributed by atoms with van der Waals surface area (Å²) < 4.78 is 10.6. The number of unbranched alkanes of at least 4 members (excludes halogenated alkanes) is 1. The summed E-state index contributed by atoms with van der Waals surface area (Å²) in [4.78, 5) is 4.28. The van der Waals surface area contributed by atoms with E-state index in [1.54, 1.807) is 0 Å². The van der Waals surface area contributed by atoms with Crippen molar-refractivity contribution in [1.29, 1.82) is 5.26 Å². The molecular weight excluding hydrogens is 226 g/mol. The lowest BCUT2D eigenvalue weighted by Crippen LogP contribution is -2.16. The summed E-state index contributed by atoms with van der Waals surface area (Å²) in [6.07, 6.45) is 1.92. The number of nitriles is 1. The highest BCUT2D eigenvalue weighted by molar-refractivity contribution is 7.99. The Morgan fingerprint density at radius 2 is 2.50 bits per heavy atom. The quantitative estimate of drug-likeness (QED) is 0.745. The second-order valence-electron chi connectivity index (χ2n) is 3.49. The van der Waals surface area contributed by atoms with E-state index in [1.807, 2.05) is 11.8 Å². The summed E-state index contributed by atoms with van der Waals surface area (Å²) in [7, 11) is 0. The summed E-state index contributed by atoms with van der Waals surface area (Å²) in [5.74, 6) is 3.16. The Morgan fingerprint density at radius 1 is 1.56 bits per heavy atom. The third-order valence-electron chi connectivity index (χ3n) is 2.27. The zero-order valence-corrected chi connectivity index (χ0v) is 9.70. The minimum absolute atomic E-state index is 0.0350. The summed E-state index contributed by atoms with van der Waals surface area (Å²) in [5.41, 5.74) is 0. The van der Waals surface area contributed by atoms with Crippen molar-refractivity contribution in [3.05, 3.63) is 11.7 Å². The van der Waals surface area contributed by atoms with Gasteiger partial charge >= 0.3 is 0 Å². The molecule has 1 saturated heterocycles. The molecule has 0 aliphatic carbocycles. The third kappa shape index (κ3) is 2.97. The lowest BCUT2D eigenvalue weighted by Gasteiger charge is -2.18. The highest BCUT2D eigenvalue weighted by Crippen LogP contribution is 2.24. The molecule has 1 aliphatic heterocycles. The zero-order chi connectivity index (χ0) is 11.2. The second-order valence-corrected chi connectivity index (χ2v) is 4.64. The highest BCUT2D eigenvalue weighted by Gasteiger charge is 2.21. The van der Waals surface area contributed by atoms with Gasteiger partial charge in [-0.05, 0) is 6.42 Å². The van der Waals surface area contributed by atoms with E-state index >= 15 is 0 Å². The molecule has 1 aromatic heterocycles. The van der Waals surface area contributed by atoms with Crippen LogP contribution in [0.1, 0.15) is 30.7 Å². The normalized spacial score (nSPS) is 20.6. The number of hydrogen-bond acceptors (Lipinski definition) is 6. The molecule has 0 saturated carbocycles. The van der Waals surface area contributed by atoms with Gasteiger partial charge in [-0.15, -0.1) is 0 Å². The topological polar surface area (TPSA) is 71.9 Å². The van der Waals surface area contributed by atoms with Gasteiger partial charge in [0.1, 0.15) is 6.10 Å². The van der Waals surface area contributed by atoms with Gasteiger partial charge in [0.25, 0.3) is 0 Å². The summed E-state index contributed by atoms with van der Waals surface area (Å²) >= 11 is 1.84. The molecular formula is C10H13N3O2S. The molecule has 0 aromatic carbocycles. The number of ether oxygens (including phenoxy) is 1. The van der Waals surface area contributed by atoms with Gasteiger partial charge in [0.05, 0.1) is 12.7 Å². The van der Waals surface area contributed by atoms with E-state index in [9.17, 15) is 0 Å². The Bertz CT molecular complexity index is 368. The van der Waals surface area contributed by atoms with Gasteiger partial charge < -0.3 is 9.26 Å². The predicted molar refractivity (Wildman–Crippen MR) is 58.9 cm³/mol. The third-order valence-corrected chi connectivity index (χ3v) is 3.26. The van der Waals surface area contributed by atoms with E-state index in [-0.39, 0.29) is 6.10 Å². The van der Waals surface area contributed by atoms with Crippen molar-refractivity contribution in [2.45, 2.75) is 25.4 Å². The van der Waals surface area contributed by atoms with Crippen LogP contribution in [0, 0.1) is 11.3 Å². The van der Waals surface area contributed by atoms with Gasteiger partial charge in [0.2, 0.25) is 11.7 Å². The van der Waals surface area contributed by atoms with Crippen LogP contribution in [0.15, 0.2) is 4.52 Å². The first kappa shape index (κ1) is 11.4. The summed E-state index contributed by atoms with van der Waals surface area (Å²) in [5, 5.41) is 12.3. The molecule has 2 rings (SSSR count). The Labute approximate surface area is 98.2 Å². The molecule has 1 aliphatic rings. The minimum atomic E-state index is -0.0350. The number of hydrogen-bond donors (Lipinski definition) is 0. The van der Waals surface area contributed by atoms with Crippen molar-refractivity contribution in [3.63, 3.8) is 0 Å². The molecule has 1 aromatic rings. The number of nitrogens with zero attached hydrogens (tertiary/aromatic N) is 3. The van der Waals surface area contributed by atoms with Gasteiger partial charge in [0, 0.05) is 24.3 Å². The molecule has 2 heterocycles. The van der Waals surface area contributed by atoms with Crippen LogP contribution in [0.5, 0.6) is 0 Å². The second kappa shape index (κ2) is 5.87. The lowest BCUT2D eigenvalue weighted by atomic mass is 10.2. The summed E-state index contributed by atoms with van der Waals surface area (Å²) in [6.45, 7) is 0.744. The van der Waals surface area contributed by atoms with E-state index in [2.05, 4.69) is 16.2 Å². The van der Waals surface area contributed by atoms with Gasteiger partial charge in [0.15, 0.2) is 0 Å². The SMILES string of the molecule is N#CCCCc1nc(C2CSCCO2)no1. The van der Waals surface area contributed by atoms with Crippen molar-refractivity contribution in [1.82, 2.24) is 10.1 Å². The number of thioether (sulfide) groups is 1. The van der Waals surface area contributed by atoms with Crippen molar-refractivity contribution in [2.75, 3.05) is 18.1 Å². The van der Waals surface area contributed by atoms with E-state index in [1.165, 1.54) is 0 Å². The molecule has 16 heavy (non-hydrogen) atoms. The maximum atomic E-state index is 8.41. The molecule has 0 amide bonds. The fourth-order valence-corrected chi connectivity index (χ4v) is 2.30. The molecule has 1 atom stereocenters. The Hall–Kier alpha value is -1.06. The number of aromatic nitrogens is 2. The molecule has 0 N–H and O–H groups in total. The van der Waals surface area contributed by atoms with Gasteiger partial charge in [-0.1, -0.05) is 5.16 Å². The molecule has 5 nitrogen and oxygen atoms in total. The fraction of sp³-hybridized carbons (Fsp3) is 0.700. The standard InChI is InChI=1S/C10H13N3O2S/c11-4-2-1-3-9-12-10(13-15-9)8-7-16-6-5-14-8/h8H,1-3,5-7H2. The molecule has 6 heteroatoms. The molecule has 86 valence electrons. The molecule has 0 spiro atoms. The van der Waals surface area contributed by atoms with Crippen molar-refractivity contribution < 1.29 is 9.26 Å². The Kier molecular flexibility index (Phi) is 4.19. The fourth-order valence-electron chi connectivity index (χ4n) is 1.46. The molecule has 0 bridgehead atoms. The smallest absolute Gasteiger partial charge is 0.226 e. The van der Waals surface area contributed by atoms with Gasteiger partial charge in [-0.25, -0.2) is 0 Å².